The average molecular weight is 241 g/mol. The Balaban J connectivity index is 2.04. The van der Waals surface area contributed by atoms with Crippen LogP contribution in [0.2, 0.25) is 0 Å². The highest BCUT2D eigenvalue weighted by atomic mass is 32.1. The van der Waals surface area contributed by atoms with Crippen LogP contribution in [0.5, 0.6) is 5.75 Å². The number of benzene rings is 1. The lowest BCUT2D eigenvalue weighted by Gasteiger charge is -2.04. The Morgan fingerprint density at radius 1 is 1.38 bits per heavy atom. The number of thiazole rings is 1. The van der Waals surface area contributed by atoms with Gasteiger partial charge in [0.2, 0.25) is 0 Å². The number of hydrogen-bond donors (Lipinski definition) is 0. The minimum absolute atomic E-state index is 0.0363. The first-order valence-corrected chi connectivity index (χ1v) is 5.46. The van der Waals surface area contributed by atoms with Gasteiger partial charge in [-0.25, -0.2) is 13.8 Å². The third kappa shape index (κ3) is 2.55. The summed E-state index contributed by atoms with van der Waals surface area (Å²) in [4.78, 5) is 5.14. The Hall–Kier alpha value is -1.49. The summed E-state index contributed by atoms with van der Waals surface area (Å²) in [6, 6.07) is 3.22. The molecular weight excluding hydrogens is 232 g/mol. The molecule has 0 bridgehead atoms. The van der Waals surface area contributed by atoms with E-state index in [4.69, 9.17) is 4.74 Å². The highest BCUT2D eigenvalue weighted by Gasteiger charge is 2.06. The predicted octanol–water partition coefficient (Wildman–Crippen LogP) is 3.31. The van der Waals surface area contributed by atoms with E-state index in [1.807, 2.05) is 6.92 Å². The molecule has 2 aromatic rings. The van der Waals surface area contributed by atoms with Gasteiger partial charge in [-0.1, -0.05) is 0 Å². The van der Waals surface area contributed by atoms with Crippen molar-refractivity contribution in [2.45, 2.75) is 13.5 Å². The normalized spacial score (nSPS) is 10.4. The van der Waals surface area contributed by atoms with E-state index < -0.39 is 11.6 Å². The van der Waals surface area contributed by atoms with E-state index in [1.165, 1.54) is 17.4 Å². The molecule has 1 aromatic heterocycles. The largest absolute Gasteiger partial charge is 0.483 e. The van der Waals surface area contributed by atoms with Crippen LogP contribution < -0.4 is 4.74 Å². The molecule has 5 heteroatoms. The first-order chi connectivity index (χ1) is 7.65. The smallest absolute Gasteiger partial charge is 0.167 e. The van der Waals surface area contributed by atoms with Gasteiger partial charge in [0.05, 0.1) is 0 Å². The van der Waals surface area contributed by atoms with Gasteiger partial charge < -0.3 is 4.74 Å². The van der Waals surface area contributed by atoms with Crippen LogP contribution in [0.3, 0.4) is 0 Å². The lowest BCUT2D eigenvalue weighted by molar-refractivity contribution is 0.289. The average Bonchev–Trinajstić information content (AvgIpc) is 2.63. The third-order valence-electron chi connectivity index (χ3n) is 1.91. The number of rotatable bonds is 3. The van der Waals surface area contributed by atoms with Crippen molar-refractivity contribution in [1.82, 2.24) is 4.98 Å². The fraction of sp³-hybridized carbons (Fsp3) is 0.182. The van der Waals surface area contributed by atoms with Crippen molar-refractivity contribution in [2.75, 3.05) is 0 Å². The second kappa shape index (κ2) is 4.57. The molecule has 0 saturated heterocycles. The Bertz CT molecular complexity index is 498. The number of halogens is 2. The SMILES string of the molecule is Cc1cnc(COc2ccc(F)cc2F)s1. The van der Waals surface area contributed by atoms with Crippen LogP contribution in [-0.2, 0) is 6.61 Å². The topological polar surface area (TPSA) is 22.1 Å². The molecule has 0 amide bonds. The Morgan fingerprint density at radius 2 is 2.19 bits per heavy atom. The Morgan fingerprint density at radius 3 is 2.81 bits per heavy atom. The van der Waals surface area contributed by atoms with Gasteiger partial charge in [-0.3, -0.25) is 0 Å². The maximum absolute atomic E-state index is 13.2. The maximum Gasteiger partial charge on any atom is 0.167 e. The molecule has 0 radical (unpaired) electrons. The first-order valence-electron chi connectivity index (χ1n) is 4.64. The van der Waals surface area contributed by atoms with Crippen LogP contribution in [0.1, 0.15) is 9.88 Å². The van der Waals surface area contributed by atoms with Crippen LogP contribution in [0.15, 0.2) is 24.4 Å². The molecule has 0 spiro atoms. The highest BCUT2D eigenvalue weighted by Crippen LogP contribution is 2.20. The molecule has 0 atom stereocenters. The number of ether oxygens (including phenoxy) is 1. The Labute approximate surface area is 95.5 Å². The summed E-state index contributed by atoms with van der Waals surface area (Å²) in [5, 5.41) is 0.765. The van der Waals surface area contributed by atoms with Gasteiger partial charge in [0.25, 0.3) is 0 Å². The van der Waals surface area contributed by atoms with Crippen molar-refractivity contribution in [3.8, 4) is 5.75 Å². The van der Waals surface area contributed by atoms with Gasteiger partial charge in [0, 0.05) is 17.1 Å². The lowest BCUT2D eigenvalue weighted by atomic mass is 10.3. The van der Waals surface area contributed by atoms with Gasteiger partial charge in [0.15, 0.2) is 11.6 Å². The number of aromatic nitrogens is 1. The maximum atomic E-state index is 13.2. The van der Waals surface area contributed by atoms with E-state index in [-0.39, 0.29) is 12.4 Å². The minimum atomic E-state index is -0.701. The molecule has 0 aliphatic carbocycles. The summed E-state index contributed by atoms with van der Waals surface area (Å²) < 4.78 is 31.0. The molecule has 0 saturated carbocycles. The molecule has 1 aromatic carbocycles. The predicted molar refractivity (Wildman–Crippen MR) is 57.5 cm³/mol. The van der Waals surface area contributed by atoms with Crippen molar-refractivity contribution in [2.24, 2.45) is 0 Å². The summed E-state index contributed by atoms with van der Waals surface area (Å²) in [7, 11) is 0. The van der Waals surface area contributed by atoms with E-state index in [0.717, 1.165) is 22.0 Å². The third-order valence-corrected chi connectivity index (χ3v) is 2.80. The van der Waals surface area contributed by atoms with Crippen LogP contribution in [0.4, 0.5) is 8.78 Å². The van der Waals surface area contributed by atoms with Gasteiger partial charge in [0.1, 0.15) is 17.4 Å². The molecule has 0 aliphatic rings. The summed E-state index contributed by atoms with van der Waals surface area (Å²) in [5.41, 5.74) is 0. The zero-order chi connectivity index (χ0) is 11.5. The fourth-order valence-electron chi connectivity index (χ4n) is 1.20. The van der Waals surface area contributed by atoms with Crippen molar-refractivity contribution >= 4 is 11.3 Å². The molecule has 1 heterocycles. The molecule has 0 unspecified atom stereocenters. The highest BCUT2D eigenvalue weighted by molar-refractivity contribution is 7.11. The van der Waals surface area contributed by atoms with Gasteiger partial charge in [-0.2, -0.15) is 0 Å². The molecule has 2 rings (SSSR count). The summed E-state index contributed by atoms with van der Waals surface area (Å²) >= 11 is 1.48. The van der Waals surface area contributed by atoms with Crippen LogP contribution in [-0.4, -0.2) is 4.98 Å². The van der Waals surface area contributed by atoms with E-state index in [1.54, 1.807) is 6.20 Å². The zero-order valence-corrected chi connectivity index (χ0v) is 9.35. The van der Waals surface area contributed by atoms with Crippen LogP contribution >= 0.6 is 11.3 Å². The van der Waals surface area contributed by atoms with Crippen LogP contribution in [0, 0.1) is 18.6 Å². The molecule has 2 nitrogen and oxygen atoms in total. The van der Waals surface area contributed by atoms with Crippen molar-refractivity contribution < 1.29 is 13.5 Å². The summed E-state index contributed by atoms with van der Waals surface area (Å²) in [6.07, 6.45) is 1.73. The molecule has 16 heavy (non-hydrogen) atoms. The molecule has 84 valence electrons. The lowest BCUT2D eigenvalue weighted by Crippen LogP contribution is -1.97. The fourth-order valence-corrected chi connectivity index (χ4v) is 1.90. The second-order valence-corrected chi connectivity index (χ2v) is 4.55. The van der Waals surface area contributed by atoms with E-state index in [0.29, 0.717) is 0 Å². The van der Waals surface area contributed by atoms with Gasteiger partial charge in [-0.05, 0) is 19.1 Å². The molecular formula is C11H9F2NOS. The van der Waals surface area contributed by atoms with Gasteiger partial charge in [-0.15, -0.1) is 11.3 Å². The van der Waals surface area contributed by atoms with Gasteiger partial charge >= 0.3 is 0 Å². The minimum Gasteiger partial charge on any atom is -0.483 e. The zero-order valence-electron chi connectivity index (χ0n) is 8.54. The monoisotopic (exact) mass is 241 g/mol. The number of hydrogen-bond acceptors (Lipinski definition) is 3. The van der Waals surface area contributed by atoms with E-state index >= 15 is 0 Å². The summed E-state index contributed by atoms with van der Waals surface area (Å²) in [5.74, 6) is -1.28. The number of aryl methyl sites for hydroxylation is 1. The van der Waals surface area contributed by atoms with Crippen molar-refractivity contribution in [3.63, 3.8) is 0 Å². The first kappa shape index (κ1) is 11.0. The quantitative estimate of drug-likeness (QED) is 0.822. The van der Waals surface area contributed by atoms with Crippen molar-refractivity contribution in [3.05, 3.63) is 45.9 Å². The molecule has 0 aliphatic heterocycles. The molecule has 0 fully saturated rings. The Kier molecular flexibility index (Phi) is 3.14. The van der Waals surface area contributed by atoms with E-state index in [2.05, 4.69) is 4.98 Å². The van der Waals surface area contributed by atoms with Crippen molar-refractivity contribution in [1.29, 1.82) is 0 Å². The second-order valence-electron chi connectivity index (χ2n) is 3.23. The number of nitrogens with zero attached hydrogens (tertiary/aromatic N) is 1. The summed E-state index contributed by atoms with van der Waals surface area (Å²) in [6.45, 7) is 2.13. The van der Waals surface area contributed by atoms with E-state index in [9.17, 15) is 8.78 Å². The molecule has 0 N–H and O–H groups in total. The standard InChI is InChI=1S/C11H9F2NOS/c1-7-5-14-11(16-7)6-15-10-3-2-8(12)4-9(10)13/h2-5H,6H2,1H3. The van der Waals surface area contributed by atoms with Crippen LogP contribution in [0.25, 0.3) is 0 Å².